The number of ether oxygens (including phenoxy) is 1. The number of carbonyl (C=O) groups is 2. The Bertz CT molecular complexity index is 773. The van der Waals surface area contributed by atoms with Crippen molar-refractivity contribution >= 4 is 22.8 Å². The van der Waals surface area contributed by atoms with E-state index in [2.05, 4.69) is 10.2 Å². The molecule has 1 amide bonds. The number of hydrogen-bond donors (Lipinski definition) is 4. The molecule has 132 valence electrons. The van der Waals surface area contributed by atoms with Gasteiger partial charge in [0, 0.05) is 17.7 Å². The number of methoxy groups -OCH3 is 1. The SMILES string of the molecule is CC.COc1c(C(N)=O)c(C)c(F)c2c(CC(N)C(=O)O)[nH]nc12. The first-order chi connectivity index (χ1) is 11.3. The maximum Gasteiger partial charge on any atom is 0.320 e. The van der Waals surface area contributed by atoms with Gasteiger partial charge in [0.25, 0.3) is 5.91 Å². The Morgan fingerprint density at radius 3 is 2.46 bits per heavy atom. The van der Waals surface area contributed by atoms with Crippen molar-refractivity contribution in [1.82, 2.24) is 10.2 Å². The van der Waals surface area contributed by atoms with Crippen molar-refractivity contribution < 1.29 is 23.8 Å². The lowest BCUT2D eigenvalue weighted by Crippen LogP contribution is -2.32. The maximum absolute atomic E-state index is 14.6. The zero-order valence-corrected chi connectivity index (χ0v) is 13.9. The van der Waals surface area contributed by atoms with Gasteiger partial charge in [-0.15, -0.1) is 0 Å². The summed E-state index contributed by atoms with van der Waals surface area (Å²) < 4.78 is 19.7. The summed E-state index contributed by atoms with van der Waals surface area (Å²) in [4.78, 5) is 22.4. The van der Waals surface area contributed by atoms with E-state index in [-0.39, 0.29) is 39.9 Å². The third-order valence-corrected chi connectivity index (χ3v) is 3.40. The molecule has 0 aliphatic carbocycles. The molecule has 24 heavy (non-hydrogen) atoms. The van der Waals surface area contributed by atoms with E-state index in [1.807, 2.05) is 13.8 Å². The Labute approximate surface area is 138 Å². The van der Waals surface area contributed by atoms with Crippen molar-refractivity contribution in [2.45, 2.75) is 33.2 Å². The second kappa shape index (κ2) is 7.73. The highest BCUT2D eigenvalue weighted by atomic mass is 19.1. The first kappa shape index (κ1) is 19.4. The molecule has 1 heterocycles. The van der Waals surface area contributed by atoms with Crippen molar-refractivity contribution in [1.29, 1.82) is 0 Å². The Hall–Kier alpha value is -2.68. The monoisotopic (exact) mass is 340 g/mol. The highest BCUT2D eigenvalue weighted by Gasteiger charge is 2.26. The number of nitrogens with two attached hydrogens (primary N) is 2. The molecule has 6 N–H and O–H groups in total. The summed E-state index contributed by atoms with van der Waals surface area (Å²) in [7, 11) is 1.30. The lowest BCUT2D eigenvalue weighted by molar-refractivity contribution is -0.138. The average molecular weight is 340 g/mol. The molecule has 0 spiro atoms. The normalized spacial score (nSPS) is 11.6. The van der Waals surface area contributed by atoms with Gasteiger partial charge in [-0.05, 0) is 6.92 Å². The summed E-state index contributed by atoms with van der Waals surface area (Å²) in [6.45, 7) is 5.38. The number of nitrogens with one attached hydrogen (secondary N) is 1. The zero-order chi connectivity index (χ0) is 18.6. The molecule has 1 unspecified atom stereocenters. The minimum Gasteiger partial charge on any atom is -0.494 e. The largest absolute Gasteiger partial charge is 0.494 e. The summed E-state index contributed by atoms with van der Waals surface area (Å²) in [6, 6.07) is -1.22. The number of nitrogens with zero attached hydrogens (tertiary/aromatic N) is 1. The van der Waals surface area contributed by atoms with E-state index in [9.17, 15) is 14.0 Å². The molecular formula is C15H21FN4O4. The molecule has 0 bridgehead atoms. The minimum atomic E-state index is -1.22. The van der Waals surface area contributed by atoms with Crippen molar-refractivity contribution in [2.75, 3.05) is 7.11 Å². The van der Waals surface area contributed by atoms with Crippen molar-refractivity contribution in [3.63, 3.8) is 0 Å². The molecule has 2 aromatic rings. The number of aromatic nitrogens is 2. The molecule has 1 aromatic heterocycles. The lowest BCUT2D eigenvalue weighted by Gasteiger charge is -2.12. The van der Waals surface area contributed by atoms with E-state index in [1.165, 1.54) is 14.0 Å². The maximum atomic E-state index is 14.6. The fraction of sp³-hybridized carbons (Fsp3) is 0.400. The molecule has 0 fully saturated rings. The number of aliphatic carboxylic acids is 1. The molecular weight excluding hydrogens is 319 g/mol. The van der Waals surface area contributed by atoms with E-state index in [0.717, 1.165) is 0 Å². The Kier molecular flexibility index (Phi) is 6.24. The number of halogens is 1. The first-order valence-corrected chi connectivity index (χ1v) is 7.30. The van der Waals surface area contributed by atoms with Gasteiger partial charge >= 0.3 is 5.97 Å². The predicted octanol–water partition coefficient (Wildman–Crippen LogP) is 1.10. The van der Waals surface area contributed by atoms with Crippen LogP contribution in [0.4, 0.5) is 4.39 Å². The third-order valence-electron chi connectivity index (χ3n) is 3.40. The number of primary amides is 1. The number of hydrogen-bond acceptors (Lipinski definition) is 5. The van der Waals surface area contributed by atoms with Gasteiger partial charge in [0.2, 0.25) is 0 Å². The van der Waals surface area contributed by atoms with Crippen LogP contribution in [0.2, 0.25) is 0 Å². The molecule has 1 aromatic carbocycles. The van der Waals surface area contributed by atoms with Crippen LogP contribution in [-0.4, -0.2) is 40.3 Å². The second-order valence-electron chi connectivity index (χ2n) is 4.79. The van der Waals surface area contributed by atoms with E-state index in [0.29, 0.717) is 0 Å². The van der Waals surface area contributed by atoms with Crippen LogP contribution in [0.25, 0.3) is 10.9 Å². The van der Waals surface area contributed by atoms with Crippen LogP contribution in [0.3, 0.4) is 0 Å². The number of fused-ring (bicyclic) bond motifs is 1. The van der Waals surface area contributed by atoms with Crippen LogP contribution in [0.15, 0.2) is 0 Å². The number of H-pyrrole nitrogens is 1. The molecule has 1 atom stereocenters. The molecule has 0 saturated carbocycles. The van der Waals surface area contributed by atoms with Crippen molar-refractivity contribution in [3.8, 4) is 5.75 Å². The van der Waals surface area contributed by atoms with Crippen LogP contribution in [0, 0.1) is 12.7 Å². The second-order valence-corrected chi connectivity index (χ2v) is 4.79. The van der Waals surface area contributed by atoms with Gasteiger partial charge in [0.05, 0.1) is 18.1 Å². The fourth-order valence-corrected chi connectivity index (χ4v) is 2.32. The molecule has 0 saturated heterocycles. The van der Waals surface area contributed by atoms with Gasteiger partial charge in [-0.2, -0.15) is 5.10 Å². The van der Waals surface area contributed by atoms with Crippen molar-refractivity contribution in [3.05, 3.63) is 22.6 Å². The highest BCUT2D eigenvalue weighted by molar-refractivity contribution is 6.04. The number of rotatable bonds is 5. The zero-order valence-electron chi connectivity index (χ0n) is 13.9. The van der Waals surface area contributed by atoms with Gasteiger partial charge in [-0.3, -0.25) is 14.7 Å². The van der Waals surface area contributed by atoms with Crippen LogP contribution in [0.5, 0.6) is 5.75 Å². The molecule has 0 radical (unpaired) electrons. The smallest absolute Gasteiger partial charge is 0.320 e. The Morgan fingerprint density at radius 2 is 2.00 bits per heavy atom. The first-order valence-electron chi connectivity index (χ1n) is 7.30. The van der Waals surface area contributed by atoms with Gasteiger partial charge < -0.3 is 21.3 Å². The van der Waals surface area contributed by atoms with Crippen LogP contribution in [0.1, 0.15) is 35.5 Å². The summed E-state index contributed by atoms with van der Waals surface area (Å²) in [5.41, 5.74) is 10.9. The highest BCUT2D eigenvalue weighted by Crippen LogP contribution is 2.35. The molecule has 2 rings (SSSR count). The van der Waals surface area contributed by atoms with Gasteiger partial charge in [-0.1, -0.05) is 13.8 Å². The lowest BCUT2D eigenvalue weighted by atomic mass is 10.00. The molecule has 0 aliphatic heterocycles. The van der Waals surface area contributed by atoms with Crippen LogP contribution < -0.4 is 16.2 Å². The van der Waals surface area contributed by atoms with E-state index in [1.54, 1.807) is 0 Å². The number of carbonyl (C=O) groups excluding carboxylic acids is 1. The quantitative estimate of drug-likeness (QED) is 0.641. The standard InChI is InChI=1S/C13H15FN4O4.C2H6/c1-4-7(12(16)19)11(22-2)10-8(9(4)14)6(17-18-10)3-5(15)13(20)21;1-2/h5H,3,15H2,1-2H3,(H2,16,19)(H,17,18)(H,20,21);1-2H3. The van der Waals surface area contributed by atoms with Gasteiger partial charge in [-0.25, -0.2) is 4.39 Å². The van der Waals surface area contributed by atoms with E-state index < -0.39 is 23.7 Å². The Morgan fingerprint density at radius 1 is 1.42 bits per heavy atom. The Balaban J connectivity index is 0.00000139. The topological polar surface area (TPSA) is 144 Å². The number of amides is 1. The van der Waals surface area contributed by atoms with E-state index >= 15 is 0 Å². The summed E-state index contributed by atoms with van der Waals surface area (Å²) in [5.74, 6) is -2.75. The number of aromatic amines is 1. The molecule has 0 aliphatic rings. The van der Waals surface area contributed by atoms with E-state index in [4.69, 9.17) is 21.3 Å². The molecule has 9 heteroatoms. The number of carboxylic acids is 1. The third kappa shape index (κ3) is 3.30. The molecule has 8 nitrogen and oxygen atoms in total. The van der Waals surface area contributed by atoms with Crippen LogP contribution >= 0.6 is 0 Å². The van der Waals surface area contributed by atoms with Gasteiger partial charge in [0.15, 0.2) is 5.75 Å². The summed E-state index contributed by atoms with van der Waals surface area (Å²) >= 11 is 0. The predicted molar refractivity (Wildman–Crippen MR) is 86.5 cm³/mol. The fourth-order valence-electron chi connectivity index (χ4n) is 2.32. The minimum absolute atomic E-state index is 0.00314. The van der Waals surface area contributed by atoms with Crippen LogP contribution in [-0.2, 0) is 11.2 Å². The average Bonchev–Trinajstić information content (AvgIpc) is 2.95. The summed E-state index contributed by atoms with van der Waals surface area (Å²) in [5, 5.41) is 15.3. The number of benzene rings is 1. The number of carboxylic acid groups (broad SMARTS) is 1. The van der Waals surface area contributed by atoms with Gasteiger partial charge in [0.1, 0.15) is 17.4 Å². The summed E-state index contributed by atoms with van der Waals surface area (Å²) in [6.07, 6.45) is -0.152. The van der Waals surface area contributed by atoms with Crippen molar-refractivity contribution in [2.24, 2.45) is 11.5 Å².